The first-order valence-electron chi connectivity index (χ1n) is 12.1. The van der Waals surface area contributed by atoms with E-state index in [1.54, 1.807) is 0 Å². The highest BCUT2D eigenvalue weighted by atomic mass is 15.4. The van der Waals surface area contributed by atoms with Crippen LogP contribution in [0.2, 0.25) is 0 Å². The Morgan fingerprint density at radius 3 is 2.74 bits per heavy atom. The summed E-state index contributed by atoms with van der Waals surface area (Å²) in [5.41, 5.74) is 9.14. The lowest BCUT2D eigenvalue weighted by molar-refractivity contribution is 0.226. The summed E-state index contributed by atoms with van der Waals surface area (Å²) in [6.07, 6.45) is 9.69. The van der Waals surface area contributed by atoms with Crippen molar-refractivity contribution >= 4 is 17.6 Å². The summed E-state index contributed by atoms with van der Waals surface area (Å²) in [7, 11) is 0. The summed E-state index contributed by atoms with van der Waals surface area (Å²) in [6.45, 7) is 7.37. The molecule has 0 spiro atoms. The van der Waals surface area contributed by atoms with Crippen LogP contribution in [0.5, 0.6) is 0 Å². The lowest BCUT2D eigenvalue weighted by Gasteiger charge is -2.39. The highest BCUT2D eigenvalue weighted by molar-refractivity contribution is 6.07. The van der Waals surface area contributed by atoms with Crippen LogP contribution < -0.4 is 21.7 Å². The predicted molar refractivity (Wildman–Crippen MR) is 129 cm³/mol. The van der Waals surface area contributed by atoms with Crippen LogP contribution in [-0.4, -0.2) is 48.3 Å². The zero-order valence-electron chi connectivity index (χ0n) is 19.2. The van der Waals surface area contributed by atoms with Gasteiger partial charge in [0.25, 0.3) is 0 Å². The van der Waals surface area contributed by atoms with Gasteiger partial charge < -0.3 is 10.6 Å². The molecule has 1 aliphatic carbocycles. The Balaban J connectivity index is 1.56. The molecule has 7 heteroatoms. The molecule has 4 rings (SSSR count). The van der Waals surface area contributed by atoms with Crippen LogP contribution in [0.15, 0.2) is 34.3 Å². The normalized spacial score (nSPS) is 29.2. The Kier molecular flexibility index (Phi) is 7.13. The number of likely N-dealkylation sites (tertiary alicyclic amines) is 1. The van der Waals surface area contributed by atoms with Gasteiger partial charge in [-0.25, -0.2) is 4.99 Å². The van der Waals surface area contributed by atoms with Gasteiger partial charge in [-0.1, -0.05) is 44.7 Å². The smallest absolute Gasteiger partial charge is 0.206 e. The molecule has 2 fully saturated rings. The van der Waals surface area contributed by atoms with Gasteiger partial charge in [0.1, 0.15) is 0 Å². The molecule has 1 saturated heterocycles. The van der Waals surface area contributed by atoms with Crippen LogP contribution in [0.3, 0.4) is 0 Å². The molecule has 3 aliphatic rings. The monoisotopic (exact) mass is 425 g/mol. The number of guanidine groups is 2. The minimum Gasteiger partial charge on any atom is -0.326 e. The third-order valence-electron chi connectivity index (χ3n) is 6.98. The van der Waals surface area contributed by atoms with Crippen LogP contribution in [0.1, 0.15) is 63.9 Å². The number of aryl methyl sites for hydroxylation is 1. The van der Waals surface area contributed by atoms with E-state index in [1.165, 1.54) is 50.6 Å². The molecule has 0 aromatic heterocycles. The van der Waals surface area contributed by atoms with Gasteiger partial charge in [0.2, 0.25) is 11.9 Å². The van der Waals surface area contributed by atoms with Crippen molar-refractivity contribution in [1.29, 1.82) is 0 Å². The fraction of sp³-hybridized carbons (Fsp3) is 0.667. The zero-order chi connectivity index (χ0) is 21.7. The Labute approximate surface area is 187 Å². The standard InChI is InChI=1S/C24H39N7/c1-3-31-15-9-14-21(31)17-26-22-28-23(27-20-13-8-10-18(2)16-20)30-24(25,29-22)19-11-6-4-5-7-12-19/h8,10,13,16,19,21H,3-7,9,11-12,14-15,17,25H2,1-2H3,(H3,26,27,28,29,30). The van der Waals surface area contributed by atoms with Gasteiger partial charge in [0, 0.05) is 17.6 Å². The van der Waals surface area contributed by atoms with Gasteiger partial charge in [0.15, 0.2) is 5.79 Å². The molecule has 2 aliphatic heterocycles. The van der Waals surface area contributed by atoms with Gasteiger partial charge in [-0.3, -0.25) is 20.9 Å². The minimum atomic E-state index is -0.833. The molecule has 1 aromatic rings. The number of hydrogen-bond donors (Lipinski definition) is 4. The van der Waals surface area contributed by atoms with Crippen LogP contribution in [0.25, 0.3) is 0 Å². The molecule has 2 unspecified atom stereocenters. The van der Waals surface area contributed by atoms with Crippen molar-refractivity contribution in [2.45, 2.75) is 77.0 Å². The number of likely N-dealkylation sites (N-methyl/N-ethyl adjacent to an activating group) is 1. The van der Waals surface area contributed by atoms with E-state index >= 15 is 0 Å². The zero-order valence-corrected chi connectivity index (χ0v) is 19.2. The highest BCUT2D eigenvalue weighted by Crippen LogP contribution is 2.31. The SMILES string of the molecule is CCN1CCCC1CN=C1NC(Nc2cccc(C)c2)=NC(N)(C2CCCCCC2)N1. The quantitative estimate of drug-likeness (QED) is 0.543. The van der Waals surface area contributed by atoms with E-state index in [-0.39, 0.29) is 0 Å². The minimum absolute atomic E-state index is 0.301. The van der Waals surface area contributed by atoms with Crippen LogP contribution in [-0.2, 0) is 0 Å². The number of nitrogens with one attached hydrogen (secondary N) is 3. The average molecular weight is 426 g/mol. The molecule has 7 nitrogen and oxygen atoms in total. The molecule has 0 bridgehead atoms. The van der Waals surface area contributed by atoms with E-state index in [0.29, 0.717) is 17.9 Å². The maximum absolute atomic E-state index is 6.93. The van der Waals surface area contributed by atoms with Crippen molar-refractivity contribution in [2.75, 3.05) is 25.0 Å². The Morgan fingerprint density at radius 1 is 1.19 bits per heavy atom. The van der Waals surface area contributed by atoms with E-state index in [2.05, 4.69) is 59.0 Å². The first kappa shape index (κ1) is 22.1. The molecule has 2 atom stereocenters. The summed E-state index contributed by atoms with van der Waals surface area (Å²) in [4.78, 5) is 12.4. The van der Waals surface area contributed by atoms with Crippen LogP contribution in [0, 0.1) is 12.8 Å². The van der Waals surface area contributed by atoms with Gasteiger partial charge >= 0.3 is 0 Å². The predicted octanol–water partition coefficient (Wildman–Crippen LogP) is 3.38. The van der Waals surface area contributed by atoms with Crippen molar-refractivity contribution in [2.24, 2.45) is 21.6 Å². The number of nitrogens with zero attached hydrogens (tertiary/aromatic N) is 3. The largest absolute Gasteiger partial charge is 0.326 e. The summed E-state index contributed by atoms with van der Waals surface area (Å²) < 4.78 is 0. The second-order valence-corrected chi connectivity index (χ2v) is 9.33. The summed E-state index contributed by atoms with van der Waals surface area (Å²) in [5, 5.41) is 10.3. The number of benzene rings is 1. The Bertz CT molecular complexity index is 797. The van der Waals surface area contributed by atoms with E-state index in [9.17, 15) is 0 Å². The third-order valence-corrected chi connectivity index (χ3v) is 6.98. The van der Waals surface area contributed by atoms with Crippen molar-refractivity contribution < 1.29 is 0 Å². The summed E-state index contributed by atoms with van der Waals surface area (Å²) in [6, 6.07) is 8.82. The number of rotatable bonds is 5. The highest BCUT2D eigenvalue weighted by Gasteiger charge is 2.39. The molecule has 31 heavy (non-hydrogen) atoms. The first-order chi connectivity index (χ1) is 15.1. The fourth-order valence-electron chi connectivity index (χ4n) is 5.20. The molecule has 1 aromatic carbocycles. The molecule has 0 amide bonds. The second kappa shape index (κ2) is 10.0. The van der Waals surface area contributed by atoms with Gasteiger partial charge in [-0.05, 0) is 63.4 Å². The Morgan fingerprint density at radius 2 is 2.00 bits per heavy atom. The summed E-state index contributed by atoms with van der Waals surface area (Å²) in [5.74, 6) is 0.879. The molecule has 0 radical (unpaired) electrons. The van der Waals surface area contributed by atoms with E-state index < -0.39 is 5.79 Å². The molecule has 5 N–H and O–H groups in total. The Hall–Kier alpha value is -2.12. The fourth-order valence-corrected chi connectivity index (χ4v) is 5.20. The molecular formula is C24H39N7. The summed E-state index contributed by atoms with van der Waals surface area (Å²) >= 11 is 0. The average Bonchev–Trinajstić information content (AvgIpc) is 3.01. The number of nitrogens with two attached hydrogens (primary N) is 1. The van der Waals surface area contributed by atoms with E-state index in [0.717, 1.165) is 37.6 Å². The molecule has 1 saturated carbocycles. The second-order valence-electron chi connectivity index (χ2n) is 9.33. The lowest BCUT2D eigenvalue weighted by Crippen LogP contribution is -2.67. The van der Waals surface area contributed by atoms with E-state index in [1.807, 2.05) is 0 Å². The first-order valence-corrected chi connectivity index (χ1v) is 12.1. The number of anilines is 1. The van der Waals surface area contributed by atoms with E-state index in [4.69, 9.17) is 15.7 Å². The topological polar surface area (TPSA) is 90.1 Å². The maximum atomic E-state index is 6.93. The van der Waals surface area contributed by atoms with Crippen molar-refractivity contribution in [3.63, 3.8) is 0 Å². The van der Waals surface area contributed by atoms with Crippen LogP contribution in [0.4, 0.5) is 5.69 Å². The molecular weight excluding hydrogens is 386 g/mol. The van der Waals surface area contributed by atoms with Gasteiger partial charge in [-0.15, -0.1) is 0 Å². The van der Waals surface area contributed by atoms with Crippen molar-refractivity contribution in [3.05, 3.63) is 29.8 Å². The van der Waals surface area contributed by atoms with Crippen molar-refractivity contribution in [1.82, 2.24) is 15.5 Å². The molecule has 170 valence electrons. The van der Waals surface area contributed by atoms with Gasteiger partial charge in [0.05, 0.1) is 6.54 Å². The van der Waals surface area contributed by atoms with Crippen LogP contribution >= 0.6 is 0 Å². The van der Waals surface area contributed by atoms with Crippen molar-refractivity contribution in [3.8, 4) is 0 Å². The maximum Gasteiger partial charge on any atom is 0.206 e. The number of aliphatic imine (C=N–C) groups is 2. The molecule has 2 heterocycles. The number of hydrogen-bond acceptors (Lipinski definition) is 5. The third kappa shape index (κ3) is 5.57. The van der Waals surface area contributed by atoms with Gasteiger partial charge in [-0.2, -0.15) is 0 Å². The lowest BCUT2D eigenvalue weighted by atomic mass is 9.92.